The second kappa shape index (κ2) is 5.60. The third kappa shape index (κ3) is 3.42. The molecule has 1 aromatic heterocycles. The molecule has 0 aliphatic carbocycles. The van der Waals surface area contributed by atoms with Gasteiger partial charge in [0.15, 0.2) is 0 Å². The van der Waals surface area contributed by atoms with Crippen LogP contribution in [0.5, 0.6) is 0 Å². The molecule has 7 heteroatoms. The Morgan fingerprint density at radius 1 is 1.10 bits per heavy atom. The van der Waals surface area contributed by atoms with Gasteiger partial charge in [0.2, 0.25) is 0 Å². The lowest BCUT2D eigenvalue weighted by Crippen LogP contribution is -2.14. The van der Waals surface area contributed by atoms with Crippen molar-refractivity contribution in [2.24, 2.45) is 0 Å². The predicted octanol–water partition coefficient (Wildman–Crippen LogP) is 3.81. The third-order valence-corrected chi connectivity index (χ3v) is 4.59. The summed E-state index contributed by atoms with van der Waals surface area (Å²) in [5, 5.41) is 0.398. The molecule has 106 valence electrons. The van der Waals surface area contributed by atoms with Gasteiger partial charge in [0, 0.05) is 10.7 Å². The van der Waals surface area contributed by atoms with E-state index in [1.165, 1.54) is 18.2 Å². The SMILES string of the molecule is Cc1cc(C)nc(NS(=O)(=O)c2cc(Cl)ccc2Cl)c1. The number of halogens is 2. The molecule has 0 aliphatic rings. The zero-order valence-electron chi connectivity index (χ0n) is 10.8. The lowest BCUT2D eigenvalue weighted by Gasteiger charge is -2.10. The Bertz CT molecular complexity index is 741. The predicted molar refractivity (Wildman–Crippen MR) is 81.0 cm³/mol. The van der Waals surface area contributed by atoms with Gasteiger partial charge in [-0.25, -0.2) is 13.4 Å². The second-order valence-electron chi connectivity index (χ2n) is 4.35. The molecule has 0 saturated heterocycles. The van der Waals surface area contributed by atoms with Crippen molar-refractivity contribution in [1.29, 1.82) is 0 Å². The molecule has 20 heavy (non-hydrogen) atoms. The molecule has 1 heterocycles. The third-order valence-electron chi connectivity index (χ3n) is 2.52. The van der Waals surface area contributed by atoms with Gasteiger partial charge in [-0.15, -0.1) is 0 Å². The van der Waals surface area contributed by atoms with E-state index in [0.717, 1.165) is 11.3 Å². The van der Waals surface area contributed by atoms with Crippen LogP contribution in [-0.4, -0.2) is 13.4 Å². The van der Waals surface area contributed by atoms with Gasteiger partial charge in [0.05, 0.1) is 5.02 Å². The lowest BCUT2D eigenvalue weighted by atomic mass is 10.2. The maximum Gasteiger partial charge on any atom is 0.264 e. The van der Waals surface area contributed by atoms with Crippen molar-refractivity contribution in [3.8, 4) is 0 Å². The number of aromatic nitrogens is 1. The molecule has 0 saturated carbocycles. The number of aryl methyl sites for hydroxylation is 2. The van der Waals surface area contributed by atoms with Gasteiger partial charge in [0.1, 0.15) is 10.7 Å². The van der Waals surface area contributed by atoms with Crippen LogP contribution >= 0.6 is 23.2 Å². The average Bonchev–Trinajstić information content (AvgIpc) is 2.30. The zero-order valence-corrected chi connectivity index (χ0v) is 13.1. The molecule has 4 nitrogen and oxygen atoms in total. The topological polar surface area (TPSA) is 59.1 Å². The highest BCUT2D eigenvalue weighted by Crippen LogP contribution is 2.26. The van der Waals surface area contributed by atoms with Crippen molar-refractivity contribution in [2.45, 2.75) is 18.7 Å². The quantitative estimate of drug-likeness (QED) is 0.930. The molecule has 2 aromatic rings. The fourth-order valence-electron chi connectivity index (χ4n) is 1.77. The molecule has 0 amide bonds. The van der Waals surface area contributed by atoms with Crippen LogP contribution in [-0.2, 0) is 10.0 Å². The van der Waals surface area contributed by atoms with Crippen molar-refractivity contribution >= 4 is 39.0 Å². The van der Waals surface area contributed by atoms with E-state index in [2.05, 4.69) is 9.71 Å². The first-order valence-electron chi connectivity index (χ1n) is 5.71. The van der Waals surface area contributed by atoms with Crippen molar-refractivity contribution in [1.82, 2.24) is 4.98 Å². The van der Waals surface area contributed by atoms with Gasteiger partial charge in [0.25, 0.3) is 10.0 Å². The van der Waals surface area contributed by atoms with Crippen LogP contribution in [0.25, 0.3) is 0 Å². The highest BCUT2D eigenvalue weighted by atomic mass is 35.5. The van der Waals surface area contributed by atoms with Crippen molar-refractivity contribution in [2.75, 3.05) is 4.72 Å². The van der Waals surface area contributed by atoms with E-state index in [4.69, 9.17) is 23.2 Å². The number of hydrogen-bond acceptors (Lipinski definition) is 3. The Kier molecular flexibility index (Phi) is 4.22. The fourth-order valence-corrected chi connectivity index (χ4v) is 3.53. The molecule has 1 aromatic carbocycles. The number of hydrogen-bond donors (Lipinski definition) is 1. The first kappa shape index (κ1) is 15.1. The molecular formula is C13H12Cl2N2O2S. The normalized spacial score (nSPS) is 11.4. The molecule has 0 aliphatic heterocycles. The summed E-state index contributed by atoms with van der Waals surface area (Å²) in [6.07, 6.45) is 0. The number of rotatable bonds is 3. The van der Waals surface area contributed by atoms with Gasteiger partial charge < -0.3 is 0 Å². The van der Waals surface area contributed by atoms with E-state index in [1.807, 2.05) is 13.0 Å². The minimum atomic E-state index is -3.83. The fraction of sp³-hybridized carbons (Fsp3) is 0.154. The summed E-state index contributed by atoms with van der Waals surface area (Å²) in [5.74, 6) is 0.249. The van der Waals surface area contributed by atoms with Crippen molar-refractivity contribution in [3.63, 3.8) is 0 Å². The summed E-state index contributed by atoms with van der Waals surface area (Å²) in [7, 11) is -3.83. The molecule has 0 bridgehead atoms. The molecule has 0 atom stereocenters. The van der Waals surface area contributed by atoms with Gasteiger partial charge in [-0.1, -0.05) is 23.2 Å². The first-order chi connectivity index (χ1) is 9.28. The van der Waals surface area contributed by atoms with Gasteiger partial charge in [-0.05, 0) is 49.7 Å². The van der Waals surface area contributed by atoms with Crippen molar-refractivity contribution in [3.05, 3.63) is 51.6 Å². The van der Waals surface area contributed by atoms with Crippen LogP contribution in [0.3, 0.4) is 0 Å². The van der Waals surface area contributed by atoms with Crippen LogP contribution < -0.4 is 4.72 Å². The Morgan fingerprint density at radius 2 is 1.80 bits per heavy atom. The molecular weight excluding hydrogens is 319 g/mol. The second-order valence-corrected chi connectivity index (χ2v) is 6.85. The Morgan fingerprint density at radius 3 is 2.45 bits per heavy atom. The summed E-state index contributed by atoms with van der Waals surface area (Å²) in [5.41, 5.74) is 1.63. The lowest BCUT2D eigenvalue weighted by molar-refractivity contribution is 0.601. The Labute approximate surface area is 127 Å². The molecule has 0 spiro atoms. The summed E-state index contributed by atoms with van der Waals surface area (Å²) in [4.78, 5) is 4.05. The summed E-state index contributed by atoms with van der Waals surface area (Å²) >= 11 is 11.7. The summed E-state index contributed by atoms with van der Waals surface area (Å²) < 4.78 is 27.0. The van der Waals surface area contributed by atoms with E-state index >= 15 is 0 Å². The molecule has 0 fully saturated rings. The summed E-state index contributed by atoms with van der Waals surface area (Å²) in [6.45, 7) is 3.65. The number of benzene rings is 1. The smallest absolute Gasteiger partial charge is 0.263 e. The number of nitrogens with one attached hydrogen (secondary N) is 1. The Hall–Kier alpha value is -1.30. The highest BCUT2D eigenvalue weighted by molar-refractivity contribution is 7.92. The van der Waals surface area contributed by atoms with Gasteiger partial charge in [-0.2, -0.15) is 0 Å². The number of anilines is 1. The zero-order chi connectivity index (χ0) is 14.9. The van der Waals surface area contributed by atoms with E-state index in [1.54, 1.807) is 13.0 Å². The van der Waals surface area contributed by atoms with Crippen LogP contribution in [0.15, 0.2) is 35.2 Å². The van der Waals surface area contributed by atoms with E-state index in [-0.39, 0.29) is 15.7 Å². The minimum absolute atomic E-state index is 0.0763. The highest BCUT2D eigenvalue weighted by Gasteiger charge is 2.19. The van der Waals surface area contributed by atoms with Crippen LogP contribution in [0.2, 0.25) is 10.0 Å². The van der Waals surface area contributed by atoms with Crippen LogP contribution in [0, 0.1) is 13.8 Å². The number of nitrogens with zero attached hydrogens (tertiary/aromatic N) is 1. The maximum absolute atomic E-state index is 12.3. The molecule has 0 unspecified atom stereocenters. The molecule has 0 radical (unpaired) electrons. The monoisotopic (exact) mass is 330 g/mol. The summed E-state index contributed by atoms with van der Waals surface area (Å²) in [6, 6.07) is 7.76. The van der Waals surface area contributed by atoms with E-state index < -0.39 is 10.0 Å². The van der Waals surface area contributed by atoms with Crippen LogP contribution in [0.1, 0.15) is 11.3 Å². The van der Waals surface area contributed by atoms with Gasteiger partial charge >= 0.3 is 0 Å². The largest absolute Gasteiger partial charge is 0.264 e. The standard InChI is InChI=1S/C13H12Cl2N2O2S/c1-8-5-9(2)16-13(6-8)17-20(18,19)12-7-10(14)3-4-11(12)15/h3-7H,1-2H3,(H,16,17). The average molecular weight is 331 g/mol. The maximum atomic E-state index is 12.3. The van der Waals surface area contributed by atoms with Crippen LogP contribution in [0.4, 0.5) is 5.82 Å². The van der Waals surface area contributed by atoms with E-state index in [0.29, 0.717) is 5.02 Å². The first-order valence-corrected chi connectivity index (χ1v) is 7.95. The molecule has 1 N–H and O–H groups in total. The Balaban J connectivity index is 2.43. The van der Waals surface area contributed by atoms with Crippen molar-refractivity contribution < 1.29 is 8.42 Å². The van der Waals surface area contributed by atoms with Gasteiger partial charge in [-0.3, -0.25) is 4.72 Å². The number of pyridine rings is 1. The molecule has 2 rings (SSSR count). The minimum Gasteiger partial charge on any atom is -0.263 e. The number of sulfonamides is 1. The van der Waals surface area contributed by atoms with E-state index in [9.17, 15) is 8.42 Å².